The summed E-state index contributed by atoms with van der Waals surface area (Å²) in [7, 11) is 1.68. The second-order valence-corrected chi connectivity index (χ2v) is 10.6. The maximum absolute atomic E-state index is 11.5. The summed E-state index contributed by atoms with van der Waals surface area (Å²) in [5.74, 6) is -2.69. The fourth-order valence-electron chi connectivity index (χ4n) is 5.61. The molecule has 12 heteroatoms. The van der Waals surface area contributed by atoms with Crippen molar-refractivity contribution >= 4 is 17.9 Å². The van der Waals surface area contributed by atoms with Gasteiger partial charge in [0.1, 0.15) is 5.60 Å². The molecular weight excluding hydrogens is 536 g/mol. The van der Waals surface area contributed by atoms with Crippen LogP contribution < -0.4 is 9.47 Å². The molecule has 12 nitrogen and oxygen atoms in total. The predicted molar refractivity (Wildman–Crippen MR) is 146 cm³/mol. The first kappa shape index (κ1) is 31.8. The van der Waals surface area contributed by atoms with Crippen LogP contribution in [0.5, 0.6) is 11.5 Å². The third kappa shape index (κ3) is 7.72. The topological polar surface area (TPSA) is 187 Å². The first-order valence-corrected chi connectivity index (χ1v) is 13.4. The second-order valence-electron chi connectivity index (χ2n) is 10.6. The molecule has 1 aliphatic heterocycles. The summed E-state index contributed by atoms with van der Waals surface area (Å²) < 4.78 is 11.1. The van der Waals surface area contributed by atoms with E-state index < -0.39 is 42.0 Å². The standard InChI is InChI=1S/C23H30N2O3.C6H8O7/c1-4-28-20-7-6-17(11-21(20)27-3)13-25-14-18-9-10-23(26,19(18)15-25)22-8-5-16(2)12-24-22;7-3(8)1-6(13,5(11)12)2-4(9)10/h5-8,11-12,18-19,26H,4,9-10,13-15H2,1-3H3;13H,1-2H2,(H,7,8)(H,9,10)(H,11,12)/t18-,19+,23-;/m0./s1. The van der Waals surface area contributed by atoms with Gasteiger partial charge in [-0.15, -0.1) is 0 Å². The molecule has 1 aliphatic carbocycles. The van der Waals surface area contributed by atoms with Crippen molar-refractivity contribution in [3.63, 3.8) is 0 Å². The average Bonchev–Trinajstić information content (AvgIpc) is 3.44. The Kier molecular flexibility index (Phi) is 10.3. The van der Waals surface area contributed by atoms with E-state index in [0.29, 0.717) is 12.5 Å². The monoisotopic (exact) mass is 574 g/mol. The second kappa shape index (κ2) is 13.3. The Bertz CT molecular complexity index is 1220. The smallest absolute Gasteiger partial charge is 0.336 e. The molecule has 224 valence electrons. The summed E-state index contributed by atoms with van der Waals surface area (Å²) >= 11 is 0. The molecule has 1 aromatic carbocycles. The number of carboxylic acids is 3. The Morgan fingerprint density at radius 3 is 2.29 bits per heavy atom. The number of carboxylic acid groups (broad SMARTS) is 3. The number of methoxy groups -OCH3 is 1. The molecule has 2 fully saturated rings. The van der Waals surface area contributed by atoms with Gasteiger partial charge in [0.05, 0.1) is 32.3 Å². The molecule has 1 saturated carbocycles. The molecule has 1 aromatic heterocycles. The number of aliphatic carboxylic acids is 3. The Morgan fingerprint density at radius 1 is 1.07 bits per heavy atom. The number of ether oxygens (including phenoxy) is 2. The molecule has 0 amide bonds. The van der Waals surface area contributed by atoms with Crippen molar-refractivity contribution in [2.24, 2.45) is 11.8 Å². The lowest BCUT2D eigenvalue weighted by Gasteiger charge is -2.30. The van der Waals surface area contributed by atoms with Crippen molar-refractivity contribution < 1.29 is 49.4 Å². The minimum absolute atomic E-state index is 0.243. The third-order valence-corrected chi connectivity index (χ3v) is 7.60. The lowest BCUT2D eigenvalue weighted by atomic mass is 9.85. The highest BCUT2D eigenvalue weighted by atomic mass is 16.5. The number of hydrogen-bond donors (Lipinski definition) is 5. The van der Waals surface area contributed by atoms with E-state index in [2.05, 4.69) is 22.0 Å². The summed E-state index contributed by atoms with van der Waals surface area (Å²) in [4.78, 5) is 37.5. The normalized spacial score (nSPS) is 21.9. The van der Waals surface area contributed by atoms with Gasteiger partial charge < -0.3 is 35.0 Å². The average molecular weight is 575 g/mol. The van der Waals surface area contributed by atoms with Crippen molar-refractivity contribution in [3.8, 4) is 11.5 Å². The number of carbonyl (C=O) groups is 3. The van der Waals surface area contributed by atoms with Crippen molar-refractivity contribution in [1.29, 1.82) is 0 Å². The summed E-state index contributed by atoms with van der Waals surface area (Å²) in [6.45, 7) is 7.39. The van der Waals surface area contributed by atoms with Crippen LogP contribution in [-0.4, -0.2) is 85.7 Å². The number of hydrogen-bond acceptors (Lipinski definition) is 9. The molecule has 0 radical (unpaired) electrons. The van der Waals surface area contributed by atoms with Gasteiger partial charge in [-0.05, 0) is 61.9 Å². The first-order valence-electron chi connectivity index (χ1n) is 13.4. The zero-order valence-corrected chi connectivity index (χ0v) is 23.4. The van der Waals surface area contributed by atoms with Gasteiger partial charge in [0.25, 0.3) is 0 Å². The molecular formula is C29H38N2O10. The van der Waals surface area contributed by atoms with E-state index in [0.717, 1.165) is 55.2 Å². The minimum Gasteiger partial charge on any atom is -0.493 e. The van der Waals surface area contributed by atoms with Gasteiger partial charge >= 0.3 is 17.9 Å². The Morgan fingerprint density at radius 2 is 1.76 bits per heavy atom. The zero-order valence-electron chi connectivity index (χ0n) is 23.4. The lowest BCUT2D eigenvalue weighted by Crippen LogP contribution is -2.42. The zero-order chi connectivity index (χ0) is 30.4. The number of rotatable bonds is 11. The van der Waals surface area contributed by atoms with Gasteiger partial charge in [-0.2, -0.15) is 0 Å². The number of likely N-dealkylation sites (tertiary alicyclic amines) is 1. The van der Waals surface area contributed by atoms with Crippen molar-refractivity contribution in [1.82, 2.24) is 9.88 Å². The molecule has 2 aliphatic rings. The van der Waals surface area contributed by atoms with Gasteiger partial charge in [-0.3, -0.25) is 19.5 Å². The molecule has 2 aromatic rings. The minimum atomic E-state index is -2.74. The van der Waals surface area contributed by atoms with E-state index in [1.165, 1.54) is 5.56 Å². The SMILES string of the molecule is CCOc1ccc(CN2C[C@@H]3CC[C@@](O)(c4ccc(C)cn4)[C@@H]3C2)cc1OC.O=C(O)CC(O)(CC(=O)O)C(=O)O. The number of nitrogens with zero attached hydrogens (tertiary/aromatic N) is 2. The summed E-state index contributed by atoms with van der Waals surface area (Å²) in [5, 5.41) is 45.3. The van der Waals surface area contributed by atoms with Crippen molar-refractivity contribution in [2.45, 2.75) is 57.3 Å². The van der Waals surface area contributed by atoms with E-state index >= 15 is 0 Å². The summed E-state index contributed by atoms with van der Waals surface area (Å²) in [6.07, 6.45) is 1.44. The van der Waals surface area contributed by atoms with Crippen LogP contribution in [0.25, 0.3) is 0 Å². The van der Waals surface area contributed by atoms with Crippen LogP contribution in [0.2, 0.25) is 0 Å². The van der Waals surface area contributed by atoms with E-state index in [1.807, 2.05) is 38.2 Å². The maximum atomic E-state index is 11.5. The number of aryl methyl sites for hydroxylation is 1. The fourth-order valence-corrected chi connectivity index (χ4v) is 5.61. The van der Waals surface area contributed by atoms with Crippen LogP contribution in [0.15, 0.2) is 36.5 Å². The first-order chi connectivity index (χ1) is 19.3. The molecule has 5 N–H and O–H groups in total. The Balaban J connectivity index is 0.000000302. The molecule has 41 heavy (non-hydrogen) atoms. The highest BCUT2D eigenvalue weighted by Crippen LogP contribution is 2.50. The van der Waals surface area contributed by atoms with Crippen LogP contribution >= 0.6 is 0 Å². The van der Waals surface area contributed by atoms with Crippen molar-refractivity contribution in [3.05, 3.63) is 53.3 Å². The molecule has 1 saturated heterocycles. The highest BCUT2D eigenvalue weighted by Gasteiger charge is 2.53. The van der Waals surface area contributed by atoms with Crippen molar-refractivity contribution in [2.75, 3.05) is 26.8 Å². The Labute approximate surface area is 238 Å². The maximum Gasteiger partial charge on any atom is 0.336 e. The van der Waals surface area contributed by atoms with Gasteiger partial charge in [-0.25, -0.2) is 4.79 Å². The number of fused-ring (bicyclic) bond motifs is 1. The van der Waals surface area contributed by atoms with Crippen LogP contribution in [0.1, 0.15) is 49.4 Å². The number of pyridine rings is 1. The molecule has 4 rings (SSSR count). The number of aliphatic hydroxyl groups is 2. The molecule has 0 bridgehead atoms. The van der Waals surface area contributed by atoms with E-state index in [-0.39, 0.29) is 5.92 Å². The predicted octanol–water partition coefficient (Wildman–Crippen LogP) is 2.28. The molecule has 2 heterocycles. The third-order valence-electron chi connectivity index (χ3n) is 7.60. The summed E-state index contributed by atoms with van der Waals surface area (Å²) in [6, 6.07) is 10.2. The quantitative estimate of drug-likeness (QED) is 0.264. The highest BCUT2D eigenvalue weighted by molar-refractivity contribution is 5.88. The van der Waals surface area contributed by atoms with Crippen LogP contribution in [0.3, 0.4) is 0 Å². The van der Waals surface area contributed by atoms with E-state index in [4.69, 9.17) is 29.9 Å². The van der Waals surface area contributed by atoms with E-state index in [9.17, 15) is 19.5 Å². The van der Waals surface area contributed by atoms with Gasteiger partial charge in [-0.1, -0.05) is 12.1 Å². The lowest BCUT2D eigenvalue weighted by molar-refractivity contribution is -0.170. The fraction of sp³-hybridized carbons (Fsp3) is 0.517. The number of aromatic nitrogens is 1. The van der Waals surface area contributed by atoms with Gasteiger partial charge in [0.15, 0.2) is 17.1 Å². The van der Waals surface area contributed by atoms with Crippen LogP contribution in [0.4, 0.5) is 0 Å². The van der Waals surface area contributed by atoms with Crippen LogP contribution in [0, 0.1) is 18.8 Å². The summed E-state index contributed by atoms with van der Waals surface area (Å²) in [5.41, 5.74) is -0.381. The largest absolute Gasteiger partial charge is 0.493 e. The molecule has 0 unspecified atom stereocenters. The Hall–Kier alpha value is -3.74. The molecule has 0 spiro atoms. The van der Waals surface area contributed by atoms with Gasteiger partial charge in [0.2, 0.25) is 0 Å². The molecule has 3 atom stereocenters. The van der Waals surface area contributed by atoms with Crippen LogP contribution in [-0.2, 0) is 26.5 Å². The number of benzene rings is 1. The van der Waals surface area contributed by atoms with E-state index in [1.54, 1.807) is 7.11 Å². The van der Waals surface area contributed by atoms with Gasteiger partial charge in [0, 0.05) is 31.7 Å².